The number of hydrogen-bond donors (Lipinski definition) is 1. The van der Waals surface area contributed by atoms with Crippen molar-refractivity contribution in [3.8, 4) is 0 Å². The molecule has 1 saturated heterocycles. The molecule has 0 radical (unpaired) electrons. The van der Waals surface area contributed by atoms with Gasteiger partial charge in [0, 0.05) is 24.1 Å². The molecule has 0 bridgehead atoms. The fourth-order valence-corrected chi connectivity index (χ4v) is 2.54. The van der Waals surface area contributed by atoms with Gasteiger partial charge in [0.1, 0.15) is 5.82 Å². The van der Waals surface area contributed by atoms with Crippen molar-refractivity contribution < 1.29 is 9.13 Å². The quantitative estimate of drug-likeness (QED) is 0.810. The normalized spacial score (nSPS) is 16.7. The van der Waals surface area contributed by atoms with Gasteiger partial charge in [0.05, 0.1) is 13.2 Å². The molecular weight excluding hydrogens is 311 g/mol. The minimum absolute atomic E-state index is 0.187. The van der Waals surface area contributed by atoms with Gasteiger partial charge < -0.3 is 10.1 Å². The molecule has 0 aliphatic carbocycles. The lowest BCUT2D eigenvalue weighted by Crippen LogP contribution is -2.37. The van der Waals surface area contributed by atoms with Crippen LogP contribution in [0.4, 0.5) is 4.39 Å². The molecule has 1 heterocycles. The average molecular weight is 331 g/mol. The molecule has 0 spiro atoms. The smallest absolute Gasteiger partial charge is 0.123 e. The molecule has 1 fully saturated rings. The maximum Gasteiger partial charge on any atom is 0.123 e. The highest BCUT2D eigenvalue weighted by molar-refractivity contribution is 9.10. The first kappa shape index (κ1) is 14.9. The summed E-state index contributed by atoms with van der Waals surface area (Å²) >= 11 is 3.43. The first-order chi connectivity index (χ1) is 9.25. The summed E-state index contributed by atoms with van der Waals surface area (Å²) in [5, 5.41) is 3.35. The van der Waals surface area contributed by atoms with E-state index in [9.17, 15) is 4.39 Å². The van der Waals surface area contributed by atoms with Crippen LogP contribution in [0, 0.1) is 5.82 Å². The highest BCUT2D eigenvalue weighted by atomic mass is 79.9. The highest BCUT2D eigenvalue weighted by Gasteiger charge is 2.09. The Bertz CT molecular complexity index is 397. The average Bonchev–Trinajstić information content (AvgIpc) is 2.43. The molecule has 1 aliphatic rings. The fraction of sp³-hybridized carbons (Fsp3) is 0.571. The Balaban J connectivity index is 1.62. The molecule has 1 N–H and O–H groups in total. The van der Waals surface area contributed by atoms with Crippen LogP contribution in [0.15, 0.2) is 22.7 Å². The molecule has 1 aromatic rings. The van der Waals surface area contributed by atoms with Crippen LogP contribution < -0.4 is 5.32 Å². The number of rotatable bonds is 6. The highest BCUT2D eigenvalue weighted by Crippen LogP contribution is 2.17. The van der Waals surface area contributed by atoms with E-state index in [1.807, 2.05) is 0 Å². The van der Waals surface area contributed by atoms with E-state index < -0.39 is 0 Å². The Kier molecular flexibility index (Phi) is 6.23. The van der Waals surface area contributed by atoms with Gasteiger partial charge in [-0.15, -0.1) is 0 Å². The first-order valence-electron chi connectivity index (χ1n) is 6.70. The second kappa shape index (κ2) is 7.94. The maximum absolute atomic E-state index is 13.1. The van der Waals surface area contributed by atoms with Crippen molar-refractivity contribution in [1.82, 2.24) is 10.2 Å². The van der Waals surface area contributed by atoms with Crippen LogP contribution in [-0.4, -0.2) is 44.3 Å². The van der Waals surface area contributed by atoms with Crippen LogP contribution in [0.5, 0.6) is 0 Å². The van der Waals surface area contributed by atoms with Crippen molar-refractivity contribution in [2.24, 2.45) is 0 Å². The van der Waals surface area contributed by atoms with Gasteiger partial charge in [-0.05, 0) is 43.3 Å². The van der Waals surface area contributed by atoms with Gasteiger partial charge in [-0.3, -0.25) is 4.90 Å². The lowest BCUT2D eigenvalue weighted by molar-refractivity contribution is 0.0374. The van der Waals surface area contributed by atoms with E-state index in [1.165, 1.54) is 6.07 Å². The number of nitrogens with one attached hydrogen (secondary N) is 1. The summed E-state index contributed by atoms with van der Waals surface area (Å²) in [6.45, 7) is 6.51. The van der Waals surface area contributed by atoms with Crippen LogP contribution in [0.25, 0.3) is 0 Å². The summed E-state index contributed by atoms with van der Waals surface area (Å²) in [5.41, 5.74) is 0.964. The summed E-state index contributed by atoms with van der Waals surface area (Å²) in [6, 6.07) is 4.78. The Morgan fingerprint density at radius 1 is 1.32 bits per heavy atom. The number of halogens is 2. The molecule has 0 atom stereocenters. The van der Waals surface area contributed by atoms with Crippen LogP contribution in [0.1, 0.15) is 12.0 Å². The van der Waals surface area contributed by atoms with Crippen molar-refractivity contribution in [3.63, 3.8) is 0 Å². The van der Waals surface area contributed by atoms with Gasteiger partial charge in [0.25, 0.3) is 0 Å². The molecular formula is C14H20BrFN2O. The summed E-state index contributed by atoms with van der Waals surface area (Å²) in [7, 11) is 0. The Morgan fingerprint density at radius 2 is 2.11 bits per heavy atom. The molecule has 1 aliphatic heterocycles. The van der Waals surface area contributed by atoms with Gasteiger partial charge in [-0.1, -0.05) is 15.9 Å². The summed E-state index contributed by atoms with van der Waals surface area (Å²) < 4.78 is 19.4. The van der Waals surface area contributed by atoms with Gasteiger partial charge in [-0.2, -0.15) is 0 Å². The standard InChI is InChI=1S/C14H20BrFN2O/c15-14-3-2-13(16)10-12(14)11-17-4-1-5-18-6-8-19-9-7-18/h2-3,10,17H,1,4-9,11H2. The minimum atomic E-state index is -0.187. The molecule has 19 heavy (non-hydrogen) atoms. The van der Waals surface area contributed by atoms with Gasteiger partial charge in [0.2, 0.25) is 0 Å². The zero-order valence-corrected chi connectivity index (χ0v) is 12.6. The molecule has 3 nitrogen and oxygen atoms in total. The zero-order chi connectivity index (χ0) is 13.5. The number of hydrogen-bond acceptors (Lipinski definition) is 3. The Hall–Kier alpha value is -0.490. The minimum Gasteiger partial charge on any atom is -0.379 e. The second-order valence-electron chi connectivity index (χ2n) is 4.72. The SMILES string of the molecule is Fc1ccc(Br)c(CNCCCN2CCOCC2)c1. The molecule has 5 heteroatoms. The van der Waals surface area contributed by atoms with E-state index >= 15 is 0 Å². The lowest BCUT2D eigenvalue weighted by atomic mass is 10.2. The van der Waals surface area contributed by atoms with Gasteiger partial charge in [-0.25, -0.2) is 4.39 Å². The molecule has 2 rings (SSSR count). The summed E-state index contributed by atoms with van der Waals surface area (Å²) in [4.78, 5) is 2.42. The largest absolute Gasteiger partial charge is 0.379 e. The van der Waals surface area contributed by atoms with E-state index in [-0.39, 0.29) is 5.82 Å². The van der Waals surface area contributed by atoms with E-state index in [4.69, 9.17) is 4.74 Å². The number of ether oxygens (including phenoxy) is 1. The van der Waals surface area contributed by atoms with Crippen molar-refractivity contribution >= 4 is 15.9 Å². The number of benzene rings is 1. The van der Waals surface area contributed by atoms with Crippen molar-refractivity contribution in [3.05, 3.63) is 34.1 Å². The molecule has 1 aromatic carbocycles. The van der Waals surface area contributed by atoms with Gasteiger partial charge >= 0.3 is 0 Å². The molecule has 0 amide bonds. The Labute approximate surface area is 122 Å². The predicted octanol–water partition coefficient (Wildman–Crippen LogP) is 2.40. The van der Waals surface area contributed by atoms with Crippen LogP contribution in [0.2, 0.25) is 0 Å². The molecule has 106 valence electrons. The number of morpholine rings is 1. The summed E-state index contributed by atoms with van der Waals surface area (Å²) in [5.74, 6) is -0.187. The fourth-order valence-electron chi connectivity index (χ4n) is 2.15. The Morgan fingerprint density at radius 3 is 2.89 bits per heavy atom. The van der Waals surface area contributed by atoms with Crippen LogP contribution >= 0.6 is 15.9 Å². The third-order valence-electron chi connectivity index (χ3n) is 3.25. The van der Waals surface area contributed by atoms with E-state index in [1.54, 1.807) is 12.1 Å². The van der Waals surface area contributed by atoms with Crippen molar-refractivity contribution in [2.75, 3.05) is 39.4 Å². The monoisotopic (exact) mass is 330 g/mol. The maximum atomic E-state index is 13.1. The lowest BCUT2D eigenvalue weighted by Gasteiger charge is -2.26. The summed E-state index contributed by atoms with van der Waals surface area (Å²) in [6.07, 6.45) is 1.10. The van der Waals surface area contributed by atoms with E-state index in [0.29, 0.717) is 6.54 Å². The van der Waals surface area contributed by atoms with Crippen LogP contribution in [0.3, 0.4) is 0 Å². The third kappa shape index (κ3) is 5.18. The van der Waals surface area contributed by atoms with Crippen LogP contribution in [-0.2, 0) is 11.3 Å². The first-order valence-corrected chi connectivity index (χ1v) is 7.50. The van der Waals surface area contributed by atoms with Crippen molar-refractivity contribution in [2.45, 2.75) is 13.0 Å². The van der Waals surface area contributed by atoms with Crippen molar-refractivity contribution in [1.29, 1.82) is 0 Å². The predicted molar refractivity (Wildman–Crippen MR) is 77.7 cm³/mol. The molecule has 0 unspecified atom stereocenters. The van der Waals surface area contributed by atoms with E-state index in [2.05, 4.69) is 26.1 Å². The van der Waals surface area contributed by atoms with E-state index in [0.717, 1.165) is 55.8 Å². The molecule has 0 saturated carbocycles. The topological polar surface area (TPSA) is 24.5 Å². The third-order valence-corrected chi connectivity index (χ3v) is 4.03. The molecule has 0 aromatic heterocycles. The number of nitrogens with zero attached hydrogens (tertiary/aromatic N) is 1. The zero-order valence-electron chi connectivity index (χ0n) is 11.0. The second-order valence-corrected chi connectivity index (χ2v) is 5.57. The van der Waals surface area contributed by atoms with Gasteiger partial charge in [0.15, 0.2) is 0 Å².